The van der Waals surface area contributed by atoms with E-state index in [1.54, 1.807) is 0 Å². The zero-order valence-electron chi connectivity index (χ0n) is 30.9. The molecule has 0 saturated carbocycles. The molecule has 57 heavy (non-hydrogen) atoms. The average Bonchev–Trinajstić information content (AvgIpc) is 3.17. The van der Waals surface area contributed by atoms with Gasteiger partial charge in [-0.2, -0.15) is 0 Å². The third-order valence-corrected chi connectivity index (χ3v) is 10.6. The topological polar surface area (TPSA) is 395 Å². The summed E-state index contributed by atoms with van der Waals surface area (Å²) in [7, 11) is 0. The minimum atomic E-state index is -2.00. The van der Waals surface area contributed by atoms with Crippen LogP contribution in [0.15, 0.2) is 0 Å². The number of hydrogen-bond acceptors (Lipinski definition) is 24. The smallest absolute Gasteiger partial charge is 0.217 e. The Bertz CT molecular complexity index is 1290. The lowest BCUT2D eigenvalue weighted by Crippen LogP contribution is -2.70. The number of hydrogen-bond donors (Lipinski definition) is 15. The maximum Gasteiger partial charge on any atom is 0.217 e. The van der Waals surface area contributed by atoms with Gasteiger partial charge in [0.05, 0.1) is 32.0 Å². The van der Waals surface area contributed by atoms with Crippen LogP contribution in [-0.2, 0) is 47.4 Å². The van der Waals surface area contributed by atoms with Crippen LogP contribution in [0.4, 0.5) is 0 Å². The van der Waals surface area contributed by atoms with Crippen LogP contribution in [0.2, 0.25) is 0 Å². The Morgan fingerprint density at radius 3 is 1.49 bits per heavy atom. The third-order valence-electron chi connectivity index (χ3n) is 10.6. The minimum absolute atomic E-state index is 0.712. The van der Waals surface area contributed by atoms with E-state index in [1.807, 2.05) is 0 Å². The normalized spacial score (nSPS) is 52.3. The highest BCUT2D eigenvalue weighted by atomic mass is 16.8. The highest BCUT2D eigenvalue weighted by molar-refractivity contribution is 5.73. The molecule has 5 rings (SSSR count). The van der Waals surface area contributed by atoms with Gasteiger partial charge in [-0.3, -0.25) is 4.79 Å². The summed E-state index contributed by atoms with van der Waals surface area (Å²) in [5.41, 5.74) is 0. The van der Waals surface area contributed by atoms with E-state index in [0.29, 0.717) is 0 Å². The molecule has 0 aromatic rings. The summed E-state index contributed by atoms with van der Waals surface area (Å²) in [6.07, 6.45) is -41.7. The first-order valence-corrected chi connectivity index (χ1v) is 18.3. The number of carbonyl (C=O) groups excluding carboxylic acids is 1. The zero-order valence-corrected chi connectivity index (χ0v) is 30.9. The summed E-state index contributed by atoms with van der Waals surface area (Å²) >= 11 is 0. The fourth-order valence-electron chi connectivity index (χ4n) is 7.19. The summed E-state index contributed by atoms with van der Waals surface area (Å²) in [6.45, 7) is 1.17. The maximum absolute atomic E-state index is 12.7. The van der Waals surface area contributed by atoms with E-state index in [2.05, 4.69) is 5.32 Å². The van der Waals surface area contributed by atoms with Crippen LogP contribution < -0.4 is 5.32 Å². The molecule has 5 saturated heterocycles. The first-order chi connectivity index (χ1) is 26.8. The van der Waals surface area contributed by atoms with E-state index in [-0.39, 0.29) is 0 Å². The second-order valence-electron chi connectivity index (χ2n) is 14.7. The number of amides is 1. The Hall–Kier alpha value is -1.45. The highest BCUT2D eigenvalue weighted by Crippen LogP contribution is 2.36. The monoisotopic (exact) mass is 837 g/mol. The third kappa shape index (κ3) is 9.87. The lowest BCUT2D eigenvalue weighted by molar-refractivity contribution is -0.393. The van der Waals surface area contributed by atoms with Crippen molar-refractivity contribution in [3.8, 4) is 0 Å². The molecule has 0 bridgehead atoms. The van der Waals surface area contributed by atoms with Crippen molar-refractivity contribution in [3.63, 3.8) is 0 Å². The number of ether oxygens (including phenoxy) is 9. The van der Waals surface area contributed by atoms with E-state index >= 15 is 0 Å². The maximum atomic E-state index is 12.7. The van der Waals surface area contributed by atoms with Crippen molar-refractivity contribution in [1.82, 2.24) is 5.32 Å². The van der Waals surface area contributed by atoms with Crippen LogP contribution in [0.25, 0.3) is 0 Å². The molecule has 5 aliphatic heterocycles. The van der Waals surface area contributed by atoms with Gasteiger partial charge in [0, 0.05) is 6.92 Å². The average molecular weight is 838 g/mol. The molecule has 0 aliphatic carbocycles. The van der Waals surface area contributed by atoms with Crippen molar-refractivity contribution in [2.24, 2.45) is 0 Å². The summed E-state index contributed by atoms with van der Waals surface area (Å²) in [5, 5.41) is 149. The van der Waals surface area contributed by atoms with Crippen molar-refractivity contribution in [2.45, 2.75) is 174 Å². The molecular formula is C32H55NO24. The number of carbonyl (C=O) groups is 1. The van der Waals surface area contributed by atoms with Crippen molar-refractivity contribution < 1.29 is 119 Å². The number of nitrogens with one attached hydrogen (secondary N) is 1. The Balaban J connectivity index is 1.50. The Kier molecular flexibility index (Phi) is 16.0. The lowest BCUT2D eigenvalue weighted by atomic mass is 9.94. The molecule has 5 fully saturated rings. The van der Waals surface area contributed by atoms with E-state index in [4.69, 9.17) is 42.6 Å². The minimum Gasteiger partial charge on any atom is -0.394 e. The summed E-state index contributed by atoms with van der Waals surface area (Å²) < 4.78 is 52.0. The van der Waals surface area contributed by atoms with Gasteiger partial charge in [0.1, 0.15) is 110 Å². The molecular weight excluding hydrogens is 782 g/mol. The highest BCUT2D eigenvalue weighted by Gasteiger charge is 2.57. The molecule has 0 aromatic heterocycles. The first-order valence-electron chi connectivity index (χ1n) is 18.3. The molecule has 15 N–H and O–H groups in total. The zero-order chi connectivity index (χ0) is 42.2. The second-order valence-corrected chi connectivity index (χ2v) is 14.7. The molecule has 1 unspecified atom stereocenters. The Morgan fingerprint density at radius 2 is 0.965 bits per heavy atom. The van der Waals surface area contributed by atoms with Gasteiger partial charge in [0.2, 0.25) is 5.91 Å². The Morgan fingerprint density at radius 1 is 0.491 bits per heavy atom. The number of rotatable bonds is 12. The van der Waals surface area contributed by atoms with Crippen LogP contribution in [-0.4, -0.2) is 251 Å². The predicted molar refractivity (Wildman–Crippen MR) is 175 cm³/mol. The van der Waals surface area contributed by atoms with Crippen molar-refractivity contribution in [2.75, 3.05) is 19.8 Å². The van der Waals surface area contributed by atoms with Gasteiger partial charge in [0.15, 0.2) is 31.5 Å². The molecule has 25 nitrogen and oxygen atoms in total. The van der Waals surface area contributed by atoms with Crippen molar-refractivity contribution in [3.05, 3.63) is 0 Å². The molecule has 0 aromatic carbocycles. The van der Waals surface area contributed by atoms with Crippen LogP contribution in [0.3, 0.4) is 0 Å². The number of aliphatic hydroxyl groups excluding tert-OH is 14. The van der Waals surface area contributed by atoms with Crippen LogP contribution >= 0.6 is 0 Å². The summed E-state index contributed by atoms with van der Waals surface area (Å²) in [4.78, 5) is 12.7. The molecule has 0 spiro atoms. The summed E-state index contributed by atoms with van der Waals surface area (Å²) in [5.74, 6) is -0.767. The number of aliphatic hydroxyl groups is 14. The van der Waals surface area contributed by atoms with Gasteiger partial charge < -0.3 is 119 Å². The van der Waals surface area contributed by atoms with Crippen molar-refractivity contribution >= 4 is 5.91 Å². The summed E-state index contributed by atoms with van der Waals surface area (Å²) in [6, 6.07) is -1.60. The van der Waals surface area contributed by atoms with Gasteiger partial charge in [0.25, 0.3) is 0 Å². The van der Waals surface area contributed by atoms with E-state index in [9.17, 15) is 76.3 Å². The van der Waals surface area contributed by atoms with E-state index in [1.165, 1.54) is 13.8 Å². The second kappa shape index (κ2) is 19.5. The van der Waals surface area contributed by atoms with E-state index < -0.39 is 179 Å². The molecule has 5 heterocycles. The van der Waals surface area contributed by atoms with Gasteiger partial charge >= 0.3 is 0 Å². The standard InChI is InChI=1S/C32H55NO24/c1-7-14(37)18(41)23(46)30(50-7)56-26-13(33-9(3)36)29(49-6-12-17(40)20(43)22(45)28(48)52-12)54-11(5-35)25(26)55-32-27(21(44)16(39)10(4-34)53-32)57-31-24(47)19(42)15(38)8(2)51-31/h7-8,10-32,34-35,37-48H,4-6H2,1-3H3,(H,33,36)/t7-,8-,10+,11+,12+,13+,14+,15+,16-,17-,18+,19+,20-,21-,22+,23-,24-,25+,26+,27+,28?,29+,30-,31-,32-/m0/s1. The fraction of sp³-hybridized carbons (Fsp3) is 0.969. The quantitative estimate of drug-likeness (QED) is 0.0867. The molecule has 1 amide bonds. The van der Waals surface area contributed by atoms with Crippen LogP contribution in [0.1, 0.15) is 20.8 Å². The molecule has 332 valence electrons. The fourth-order valence-corrected chi connectivity index (χ4v) is 7.19. The molecule has 25 atom stereocenters. The molecule has 5 aliphatic rings. The van der Waals surface area contributed by atoms with Crippen LogP contribution in [0, 0.1) is 0 Å². The predicted octanol–water partition coefficient (Wildman–Crippen LogP) is -9.73. The van der Waals surface area contributed by atoms with Gasteiger partial charge in [-0.1, -0.05) is 0 Å². The Labute approximate surface area is 324 Å². The molecule has 25 heteroatoms. The van der Waals surface area contributed by atoms with Crippen molar-refractivity contribution in [1.29, 1.82) is 0 Å². The van der Waals surface area contributed by atoms with Gasteiger partial charge in [-0.15, -0.1) is 0 Å². The first kappa shape index (κ1) is 46.6. The SMILES string of the molecule is CC(=O)N[C@H]1[C@H](OC[C@H]2OC(O)[C@H](O)[C@@H](O)[C@H]2O)O[C@H](CO)[C@@H](O[C@@H]2O[C@H](CO)[C@H](O)[C@H](O)[C@H]2O[C@@H]2O[C@@H](C)[C@@H](O)[C@@H](O)[C@@H]2O)[C@@H]1O[C@@H]1O[C@@H](C)[C@@H](O)[C@@H](O)[C@@H]1O. The molecule has 0 radical (unpaired) electrons. The van der Waals surface area contributed by atoms with Gasteiger partial charge in [-0.05, 0) is 13.8 Å². The van der Waals surface area contributed by atoms with Crippen LogP contribution in [0.5, 0.6) is 0 Å². The van der Waals surface area contributed by atoms with E-state index in [0.717, 1.165) is 6.92 Å². The lowest BCUT2D eigenvalue weighted by Gasteiger charge is -2.51. The largest absolute Gasteiger partial charge is 0.394 e. The van der Waals surface area contributed by atoms with Gasteiger partial charge in [-0.25, -0.2) is 0 Å².